The van der Waals surface area contributed by atoms with Crippen LogP contribution in [0, 0.1) is 0 Å². The summed E-state index contributed by atoms with van der Waals surface area (Å²) in [6.45, 7) is 8.23. The number of benzene rings is 1. The van der Waals surface area contributed by atoms with Gasteiger partial charge in [-0.25, -0.2) is 0 Å². The Labute approximate surface area is 110 Å². The molecule has 1 aliphatic heterocycles. The van der Waals surface area contributed by atoms with Crippen LogP contribution in [0.15, 0.2) is 30.3 Å². The highest BCUT2D eigenvalue weighted by Gasteiger charge is 2.21. The van der Waals surface area contributed by atoms with Crippen molar-refractivity contribution in [3.8, 4) is 5.75 Å². The monoisotopic (exact) mass is 249 g/mol. The fourth-order valence-electron chi connectivity index (χ4n) is 2.46. The van der Waals surface area contributed by atoms with Crippen LogP contribution in [0.2, 0.25) is 0 Å². The topological polar surface area (TPSA) is 21.7 Å². The molecule has 18 heavy (non-hydrogen) atoms. The minimum absolute atomic E-state index is 0.351. The van der Waals surface area contributed by atoms with E-state index < -0.39 is 0 Å². The average molecular weight is 249 g/mol. The Balaban J connectivity index is 1.63. The molecule has 0 N–H and O–H groups in total. The molecule has 3 heteroatoms. The third-order valence-corrected chi connectivity index (χ3v) is 3.13. The summed E-state index contributed by atoms with van der Waals surface area (Å²) >= 11 is 0. The van der Waals surface area contributed by atoms with Gasteiger partial charge in [0.2, 0.25) is 0 Å². The first-order valence-electron chi connectivity index (χ1n) is 6.79. The van der Waals surface area contributed by atoms with Gasteiger partial charge in [0.25, 0.3) is 0 Å². The number of ether oxygens (including phenoxy) is 2. The number of para-hydroxylation sites is 1. The molecule has 1 saturated heterocycles. The maximum absolute atomic E-state index is 5.72. The normalized spacial score (nSPS) is 25.0. The van der Waals surface area contributed by atoms with Gasteiger partial charge in [0, 0.05) is 19.6 Å². The predicted octanol–water partition coefficient (Wildman–Crippen LogP) is 2.56. The van der Waals surface area contributed by atoms with Gasteiger partial charge in [-0.1, -0.05) is 18.2 Å². The summed E-state index contributed by atoms with van der Waals surface area (Å²) in [5.41, 5.74) is 0. The molecule has 1 aromatic carbocycles. The molecule has 1 fully saturated rings. The van der Waals surface area contributed by atoms with E-state index in [0.717, 1.165) is 38.4 Å². The Morgan fingerprint density at radius 2 is 1.83 bits per heavy atom. The molecule has 1 aliphatic rings. The highest BCUT2D eigenvalue weighted by atomic mass is 16.5. The van der Waals surface area contributed by atoms with Gasteiger partial charge in [-0.15, -0.1) is 0 Å². The lowest BCUT2D eigenvalue weighted by molar-refractivity contribution is -0.0686. The molecule has 100 valence electrons. The molecule has 0 radical (unpaired) electrons. The van der Waals surface area contributed by atoms with Gasteiger partial charge in [0.1, 0.15) is 5.75 Å². The van der Waals surface area contributed by atoms with Gasteiger partial charge in [0.15, 0.2) is 0 Å². The average Bonchev–Trinajstić information content (AvgIpc) is 2.35. The van der Waals surface area contributed by atoms with Crippen molar-refractivity contribution in [1.82, 2.24) is 4.90 Å². The highest BCUT2D eigenvalue weighted by Crippen LogP contribution is 2.12. The molecule has 2 rings (SSSR count). The minimum Gasteiger partial charge on any atom is -0.494 e. The maximum Gasteiger partial charge on any atom is 0.119 e. The summed E-state index contributed by atoms with van der Waals surface area (Å²) in [4.78, 5) is 2.47. The molecule has 0 amide bonds. The highest BCUT2D eigenvalue weighted by molar-refractivity contribution is 5.20. The number of hydrogen-bond donors (Lipinski definition) is 0. The predicted molar refractivity (Wildman–Crippen MR) is 73.0 cm³/mol. The van der Waals surface area contributed by atoms with E-state index in [2.05, 4.69) is 18.7 Å². The third kappa shape index (κ3) is 4.31. The molecule has 1 aromatic rings. The van der Waals surface area contributed by atoms with Crippen LogP contribution in [0.3, 0.4) is 0 Å². The van der Waals surface area contributed by atoms with Crippen molar-refractivity contribution in [1.29, 1.82) is 0 Å². The SMILES string of the molecule is C[C@H]1CN(CCCOc2ccccc2)C[C@H](C)O1. The van der Waals surface area contributed by atoms with E-state index in [0.29, 0.717) is 12.2 Å². The minimum atomic E-state index is 0.351. The molecule has 0 bridgehead atoms. The zero-order valence-electron chi connectivity index (χ0n) is 11.3. The van der Waals surface area contributed by atoms with Gasteiger partial charge in [0.05, 0.1) is 18.8 Å². The Morgan fingerprint density at radius 3 is 2.50 bits per heavy atom. The van der Waals surface area contributed by atoms with Crippen LogP contribution in [0.1, 0.15) is 20.3 Å². The van der Waals surface area contributed by atoms with Gasteiger partial charge in [-0.05, 0) is 32.4 Å². The summed E-state index contributed by atoms with van der Waals surface area (Å²) in [5.74, 6) is 0.959. The summed E-state index contributed by atoms with van der Waals surface area (Å²) in [7, 11) is 0. The smallest absolute Gasteiger partial charge is 0.119 e. The van der Waals surface area contributed by atoms with Crippen molar-refractivity contribution in [2.75, 3.05) is 26.2 Å². The Kier molecular flexibility index (Phi) is 5.02. The summed E-state index contributed by atoms with van der Waals surface area (Å²) in [5, 5.41) is 0. The Hall–Kier alpha value is -1.06. The van der Waals surface area contributed by atoms with Crippen molar-refractivity contribution in [2.45, 2.75) is 32.5 Å². The largest absolute Gasteiger partial charge is 0.494 e. The second kappa shape index (κ2) is 6.76. The van der Waals surface area contributed by atoms with Gasteiger partial charge in [-0.2, -0.15) is 0 Å². The molecular formula is C15H23NO2. The fraction of sp³-hybridized carbons (Fsp3) is 0.600. The van der Waals surface area contributed by atoms with Gasteiger partial charge >= 0.3 is 0 Å². The van der Waals surface area contributed by atoms with E-state index in [1.807, 2.05) is 30.3 Å². The van der Waals surface area contributed by atoms with E-state index in [9.17, 15) is 0 Å². The van der Waals surface area contributed by atoms with Crippen molar-refractivity contribution in [3.05, 3.63) is 30.3 Å². The lowest BCUT2D eigenvalue weighted by Gasteiger charge is -2.35. The first-order valence-corrected chi connectivity index (χ1v) is 6.79. The Bertz CT molecular complexity index is 332. The Morgan fingerprint density at radius 1 is 1.17 bits per heavy atom. The number of rotatable bonds is 5. The molecular weight excluding hydrogens is 226 g/mol. The molecule has 0 saturated carbocycles. The van der Waals surface area contributed by atoms with Crippen molar-refractivity contribution >= 4 is 0 Å². The van der Waals surface area contributed by atoms with E-state index in [4.69, 9.17) is 9.47 Å². The van der Waals surface area contributed by atoms with Crippen LogP contribution in [-0.4, -0.2) is 43.3 Å². The first-order chi connectivity index (χ1) is 8.74. The standard InChI is InChI=1S/C15H23NO2/c1-13-11-16(12-14(2)18-13)9-6-10-17-15-7-4-3-5-8-15/h3-5,7-8,13-14H,6,9-12H2,1-2H3/t13-,14-/m0/s1. The van der Waals surface area contributed by atoms with Crippen LogP contribution >= 0.6 is 0 Å². The molecule has 0 aliphatic carbocycles. The summed E-state index contributed by atoms with van der Waals surface area (Å²) in [6.07, 6.45) is 1.77. The van der Waals surface area contributed by atoms with Crippen LogP contribution < -0.4 is 4.74 Å². The van der Waals surface area contributed by atoms with E-state index >= 15 is 0 Å². The zero-order chi connectivity index (χ0) is 12.8. The molecule has 1 heterocycles. The lowest BCUT2D eigenvalue weighted by Crippen LogP contribution is -2.45. The van der Waals surface area contributed by atoms with Crippen molar-refractivity contribution in [2.24, 2.45) is 0 Å². The number of nitrogens with zero attached hydrogens (tertiary/aromatic N) is 1. The zero-order valence-corrected chi connectivity index (χ0v) is 11.3. The number of morpholine rings is 1. The first kappa shape index (κ1) is 13.4. The molecule has 0 spiro atoms. The molecule has 0 aromatic heterocycles. The van der Waals surface area contributed by atoms with Crippen LogP contribution in [-0.2, 0) is 4.74 Å². The molecule has 3 nitrogen and oxygen atoms in total. The van der Waals surface area contributed by atoms with Gasteiger partial charge in [-0.3, -0.25) is 4.90 Å². The van der Waals surface area contributed by atoms with E-state index in [1.165, 1.54) is 0 Å². The van der Waals surface area contributed by atoms with Crippen LogP contribution in [0.25, 0.3) is 0 Å². The molecule has 0 unspecified atom stereocenters. The fourth-order valence-corrected chi connectivity index (χ4v) is 2.46. The van der Waals surface area contributed by atoms with Crippen LogP contribution in [0.4, 0.5) is 0 Å². The number of hydrogen-bond acceptors (Lipinski definition) is 3. The lowest BCUT2D eigenvalue weighted by atomic mass is 10.2. The quantitative estimate of drug-likeness (QED) is 0.749. The van der Waals surface area contributed by atoms with E-state index in [-0.39, 0.29) is 0 Å². The van der Waals surface area contributed by atoms with Crippen molar-refractivity contribution in [3.63, 3.8) is 0 Å². The maximum atomic E-state index is 5.72. The third-order valence-electron chi connectivity index (χ3n) is 3.13. The summed E-state index contributed by atoms with van der Waals surface area (Å²) < 4.78 is 11.4. The summed E-state index contributed by atoms with van der Waals surface area (Å²) in [6, 6.07) is 10.0. The second-order valence-corrected chi connectivity index (χ2v) is 5.03. The second-order valence-electron chi connectivity index (χ2n) is 5.03. The van der Waals surface area contributed by atoms with Gasteiger partial charge < -0.3 is 9.47 Å². The van der Waals surface area contributed by atoms with Crippen LogP contribution in [0.5, 0.6) is 5.75 Å². The van der Waals surface area contributed by atoms with E-state index in [1.54, 1.807) is 0 Å². The molecule has 2 atom stereocenters. The van der Waals surface area contributed by atoms with Crippen molar-refractivity contribution < 1.29 is 9.47 Å².